The smallest absolute Gasteiger partial charge is 0.137 e. The van der Waals surface area contributed by atoms with Crippen molar-refractivity contribution in [1.29, 1.82) is 0 Å². The molecule has 5 heteroatoms. The van der Waals surface area contributed by atoms with Gasteiger partial charge in [0.15, 0.2) is 0 Å². The first-order chi connectivity index (χ1) is 30.4. The Kier molecular flexibility index (Phi) is 10.6. The van der Waals surface area contributed by atoms with E-state index in [9.17, 15) is 0 Å². The number of ether oxygens (including phenoxy) is 1. The summed E-state index contributed by atoms with van der Waals surface area (Å²) in [6.45, 7) is 25.8. The molecule has 8 aromatic rings. The Labute approximate surface area is 380 Å². The number of para-hydroxylation sites is 1. The van der Waals surface area contributed by atoms with Crippen molar-refractivity contribution in [3.05, 3.63) is 192 Å². The van der Waals surface area contributed by atoms with Crippen LogP contribution in [0.1, 0.15) is 98.4 Å². The number of fused-ring (bicyclic) bond motifs is 3. The van der Waals surface area contributed by atoms with Crippen molar-refractivity contribution >= 4 is 33.2 Å². The zero-order valence-corrected chi connectivity index (χ0v) is 39.5. The topological polar surface area (TPSA) is 33.5 Å². The van der Waals surface area contributed by atoms with Crippen LogP contribution >= 0.6 is 0 Å². The molecular formula is C59H62N4O. The highest BCUT2D eigenvalue weighted by Gasteiger charge is 2.33. The molecule has 6 aromatic carbocycles. The van der Waals surface area contributed by atoms with Crippen LogP contribution in [-0.4, -0.2) is 16.2 Å². The Morgan fingerprint density at radius 2 is 1.14 bits per heavy atom. The van der Waals surface area contributed by atoms with E-state index < -0.39 is 0 Å². The second kappa shape index (κ2) is 15.9. The van der Waals surface area contributed by atoms with E-state index in [1.54, 1.807) is 0 Å². The fraction of sp³-hybridized carbons (Fsp3) is 0.271. The molecule has 1 aliphatic heterocycles. The second-order valence-electron chi connectivity index (χ2n) is 21.1. The molecule has 0 saturated carbocycles. The molecule has 0 aliphatic carbocycles. The predicted molar refractivity (Wildman–Crippen MR) is 270 cm³/mol. The predicted octanol–water partition coefficient (Wildman–Crippen LogP) is 15.7. The summed E-state index contributed by atoms with van der Waals surface area (Å²) in [6.07, 6.45) is 4.29. The molecule has 324 valence electrons. The van der Waals surface area contributed by atoms with Gasteiger partial charge in [-0.15, -0.1) is 0 Å². The van der Waals surface area contributed by atoms with Crippen LogP contribution in [-0.2, 0) is 16.2 Å². The van der Waals surface area contributed by atoms with Gasteiger partial charge in [-0.3, -0.25) is 4.57 Å². The molecule has 0 spiro atoms. The minimum absolute atomic E-state index is 0.0441. The van der Waals surface area contributed by atoms with Gasteiger partial charge in [-0.05, 0) is 92.7 Å². The van der Waals surface area contributed by atoms with Gasteiger partial charge in [-0.25, -0.2) is 4.98 Å². The highest BCUT2D eigenvalue weighted by Crippen LogP contribution is 2.46. The van der Waals surface area contributed by atoms with Crippen LogP contribution in [0.2, 0.25) is 0 Å². The summed E-state index contributed by atoms with van der Waals surface area (Å²) < 4.78 is 9.61. The molecule has 0 bridgehead atoms. The quantitative estimate of drug-likeness (QED) is 0.153. The van der Waals surface area contributed by atoms with Crippen molar-refractivity contribution in [3.8, 4) is 28.4 Å². The number of hydrogen-bond donors (Lipinski definition) is 0. The fourth-order valence-electron chi connectivity index (χ4n) is 9.23. The first kappa shape index (κ1) is 42.7. The minimum atomic E-state index is -0.374. The van der Waals surface area contributed by atoms with Gasteiger partial charge >= 0.3 is 0 Å². The maximum absolute atomic E-state index is 7.28. The zero-order valence-electron chi connectivity index (χ0n) is 39.5. The van der Waals surface area contributed by atoms with Gasteiger partial charge in [0.1, 0.15) is 17.3 Å². The molecule has 0 unspecified atom stereocenters. The lowest BCUT2D eigenvalue weighted by molar-refractivity contribution is 0.479. The van der Waals surface area contributed by atoms with Gasteiger partial charge in [-0.1, -0.05) is 167 Å². The van der Waals surface area contributed by atoms with E-state index in [0.717, 1.165) is 45.2 Å². The molecule has 64 heavy (non-hydrogen) atoms. The van der Waals surface area contributed by atoms with Crippen LogP contribution in [0.15, 0.2) is 170 Å². The van der Waals surface area contributed by atoms with E-state index >= 15 is 0 Å². The molecule has 0 fully saturated rings. The van der Waals surface area contributed by atoms with Gasteiger partial charge in [0.2, 0.25) is 0 Å². The Balaban J connectivity index is 1.24. The van der Waals surface area contributed by atoms with E-state index in [0.29, 0.717) is 6.67 Å². The third-order valence-corrected chi connectivity index (χ3v) is 13.0. The van der Waals surface area contributed by atoms with Crippen LogP contribution in [0.4, 0.5) is 11.4 Å². The number of pyridine rings is 1. The monoisotopic (exact) mass is 842 g/mol. The lowest BCUT2D eigenvalue weighted by Gasteiger charge is -2.31. The summed E-state index contributed by atoms with van der Waals surface area (Å²) in [4.78, 5) is 9.89. The molecule has 0 N–H and O–H groups in total. The molecule has 0 saturated heterocycles. The van der Waals surface area contributed by atoms with E-state index in [1.165, 1.54) is 44.4 Å². The second-order valence-corrected chi connectivity index (χ2v) is 21.1. The van der Waals surface area contributed by atoms with Crippen molar-refractivity contribution in [2.75, 3.05) is 16.5 Å². The van der Waals surface area contributed by atoms with Gasteiger partial charge in [0.05, 0.1) is 17.7 Å². The Morgan fingerprint density at radius 3 is 1.84 bits per heavy atom. The largest absolute Gasteiger partial charge is 0.457 e. The molecule has 0 atom stereocenters. The van der Waals surface area contributed by atoms with Gasteiger partial charge < -0.3 is 14.5 Å². The van der Waals surface area contributed by atoms with Crippen molar-refractivity contribution in [2.45, 2.75) is 92.4 Å². The molecular weight excluding hydrogens is 781 g/mol. The summed E-state index contributed by atoms with van der Waals surface area (Å²) in [5.74, 6) is 2.43. The number of benzene rings is 6. The van der Waals surface area contributed by atoms with Crippen LogP contribution in [0.25, 0.3) is 38.8 Å². The summed E-state index contributed by atoms with van der Waals surface area (Å²) in [7, 11) is 0. The number of hydrogen-bond acceptors (Lipinski definition) is 4. The van der Waals surface area contributed by atoms with Gasteiger partial charge in [0.25, 0.3) is 0 Å². The van der Waals surface area contributed by atoms with Crippen molar-refractivity contribution < 1.29 is 4.74 Å². The van der Waals surface area contributed by atoms with Crippen LogP contribution in [0, 0.1) is 5.41 Å². The van der Waals surface area contributed by atoms with E-state index in [1.807, 2.05) is 6.20 Å². The Hall–Kier alpha value is -6.59. The first-order valence-corrected chi connectivity index (χ1v) is 22.7. The third kappa shape index (κ3) is 8.09. The molecule has 0 amide bonds. The number of allylic oxidation sites excluding steroid dienone is 1. The molecule has 9 rings (SSSR count). The Bertz CT molecular complexity index is 3030. The fourth-order valence-corrected chi connectivity index (χ4v) is 9.23. The number of rotatable bonds is 8. The summed E-state index contributed by atoms with van der Waals surface area (Å²) in [5, 5.41) is 2.39. The minimum Gasteiger partial charge on any atom is -0.457 e. The highest BCUT2D eigenvalue weighted by atomic mass is 16.5. The first-order valence-electron chi connectivity index (χ1n) is 22.7. The standard InChI is InChI=1S/C59H62N4O/c1-56(2,3)43-25-20-26-45(33-43)61-38-53(58(7,8)9)62(39-61)46-31-41(40-21-14-12-15-22-40)32-47(35-46)64-48-36-50(59(10,11)42-23-16-13-17-24-42)55-49-27-18-19-28-51(49)63(52(55)37-48)54-34-44(29-30-60-54)57(4,5)6/h12-38H,39H2,1-11H3. The highest BCUT2D eigenvalue weighted by molar-refractivity contribution is 6.11. The van der Waals surface area contributed by atoms with Crippen molar-refractivity contribution in [2.24, 2.45) is 5.41 Å². The van der Waals surface area contributed by atoms with Crippen molar-refractivity contribution in [3.63, 3.8) is 0 Å². The van der Waals surface area contributed by atoms with Crippen LogP contribution in [0.3, 0.4) is 0 Å². The maximum atomic E-state index is 7.28. The number of nitrogens with zero attached hydrogens (tertiary/aromatic N) is 4. The van der Waals surface area contributed by atoms with Crippen LogP contribution < -0.4 is 14.5 Å². The van der Waals surface area contributed by atoms with Gasteiger partial charge in [-0.2, -0.15) is 0 Å². The molecule has 3 heterocycles. The number of anilines is 2. The third-order valence-electron chi connectivity index (χ3n) is 13.0. The molecule has 1 aliphatic rings. The lowest BCUT2D eigenvalue weighted by Crippen LogP contribution is -2.30. The lowest BCUT2D eigenvalue weighted by atomic mass is 9.76. The molecule has 0 radical (unpaired) electrons. The van der Waals surface area contributed by atoms with E-state index in [-0.39, 0.29) is 21.7 Å². The SMILES string of the molecule is CC(C)(C)C1=CN(c2cccc(C(C)(C)C)c2)CN1c1cc(Oc2cc(C(C)(C)c3ccccc3)c3c4ccccc4n(-c4cc(C(C)(C)C)ccn4)c3c2)cc(-c2ccccc2)c1. The maximum Gasteiger partial charge on any atom is 0.137 e. The summed E-state index contributed by atoms with van der Waals surface area (Å²) in [5.41, 5.74) is 12.4. The zero-order chi connectivity index (χ0) is 45.2. The number of aromatic nitrogens is 2. The Morgan fingerprint density at radius 1 is 0.500 bits per heavy atom. The molecule has 2 aromatic heterocycles. The van der Waals surface area contributed by atoms with Gasteiger partial charge in [0, 0.05) is 63.2 Å². The van der Waals surface area contributed by atoms with Crippen LogP contribution in [0.5, 0.6) is 11.5 Å². The average Bonchev–Trinajstić information content (AvgIpc) is 3.87. The van der Waals surface area contributed by atoms with E-state index in [4.69, 9.17) is 9.72 Å². The average molecular weight is 843 g/mol. The normalized spacial score (nSPS) is 13.8. The van der Waals surface area contributed by atoms with Crippen molar-refractivity contribution in [1.82, 2.24) is 9.55 Å². The summed E-state index contributed by atoms with van der Waals surface area (Å²) >= 11 is 0. The van der Waals surface area contributed by atoms with E-state index in [2.05, 4.69) is 248 Å². The summed E-state index contributed by atoms with van der Waals surface area (Å²) in [6, 6.07) is 54.8. The molecule has 5 nitrogen and oxygen atoms in total.